The first-order valence-electron chi connectivity index (χ1n) is 6.11. The molecule has 2 rings (SSSR count). The van der Waals surface area contributed by atoms with Crippen molar-refractivity contribution in [2.75, 3.05) is 20.2 Å². The van der Waals surface area contributed by atoms with Crippen molar-refractivity contribution in [3.63, 3.8) is 0 Å². The summed E-state index contributed by atoms with van der Waals surface area (Å²) < 4.78 is 5.14. The van der Waals surface area contributed by atoms with Gasteiger partial charge >= 0.3 is 0 Å². The first kappa shape index (κ1) is 12.6. The molecule has 18 heavy (non-hydrogen) atoms. The van der Waals surface area contributed by atoms with Gasteiger partial charge in [0.25, 0.3) is 11.7 Å². The summed E-state index contributed by atoms with van der Waals surface area (Å²) in [4.78, 5) is 25.9. The number of ether oxygens (including phenoxy) is 1. The Bertz CT molecular complexity index is 476. The Labute approximate surface area is 107 Å². The molecule has 0 radical (unpaired) electrons. The zero-order chi connectivity index (χ0) is 13.1. The number of hydrogen-bond acceptors (Lipinski definition) is 3. The van der Waals surface area contributed by atoms with E-state index < -0.39 is 11.7 Å². The Balaban J connectivity index is 2.27. The van der Waals surface area contributed by atoms with E-state index in [-0.39, 0.29) is 0 Å². The third kappa shape index (κ3) is 2.37. The lowest BCUT2D eigenvalue weighted by atomic mass is 10.1. The highest BCUT2D eigenvalue weighted by Crippen LogP contribution is 2.21. The van der Waals surface area contributed by atoms with Crippen molar-refractivity contribution in [1.29, 1.82) is 0 Å². The Morgan fingerprint density at radius 2 is 1.89 bits per heavy atom. The van der Waals surface area contributed by atoms with E-state index in [0.29, 0.717) is 24.4 Å². The normalized spacial score (nSPS) is 14.7. The molecule has 0 unspecified atom stereocenters. The molecule has 1 amide bonds. The maximum absolute atomic E-state index is 12.2. The average molecular weight is 247 g/mol. The van der Waals surface area contributed by atoms with Crippen LogP contribution in [0.2, 0.25) is 0 Å². The van der Waals surface area contributed by atoms with Crippen LogP contribution in [0.25, 0.3) is 0 Å². The van der Waals surface area contributed by atoms with Gasteiger partial charge in [-0.3, -0.25) is 9.59 Å². The molecule has 1 aliphatic heterocycles. The van der Waals surface area contributed by atoms with Crippen LogP contribution in [0.3, 0.4) is 0 Å². The molecular formula is C14H17NO3. The van der Waals surface area contributed by atoms with Gasteiger partial charge < -0.3 is 9.64 Å². The number of amides is 1. The minimum Gasteiger partial charge on any atom is -0.496 e. The maximum Gasteiger partial charge on any atom is 0.295 e. The van der Waals surface area contributed by atoms with E-state index in [0.717, 1.165) is 18.4 Å². The van der Waals surface area contributed by atoms with Gasteiger partial charge in [-0.1, -0.05) is 11.6 Å². The van der Waals surface area contributed by atoms with Gasteiger partial charge in [-0.25, -0.2) is 0 Å². The van der Waals surface area contributed by atoms with Gasteiger partial charge in [-0.15, -0.1) is 0 Å². The van der Waals surface area contributed by atoms with Crippen LogP contribution in [0.1, 0.15) is 28.8 Å². The van der Waals surface area contributed by atoms with Crippen molar-refractivity contribution in [1.82, 2.24) is 4.90 Å². The Kier molecular flexibility index (Phi) is 3.65. The number of ketones is 1. The standard InChI is InChI=1S/C14H17NO3/c1-10-5-6-12(18-2)11(9-10)13(16)14(17)15-7-3-4-8-15/h5-6,9H,3-4,7-8H2,1-2H3. The van der Waals surface area contributed by atoms with E-state index >= 15 is 0 Å². The van der Waals surface area contributed by atoms with Crippen molar-refractivity contribution in [2.24, 2.45) is 0 Å². The second-order valence-corrected chi connectivity index (χ2v) is 4.53. The van der Waals surface area contributed by atoms with Crippen molar-refractivity contribution >= 4 is 11.7 Å². The third-order valence-corrected chi connectivity index (χ3v) is 3.19. The predicted molar refractivity (Wildman–Crippen MR) is 67.9 cm³/mol. The zero-order valence-corrected chi connectivity index (χ0v) is 10.7. The van der Waals surface area contributed by atoms with E-state index in [1.807, 2.05) is 13.0 Å². The number of methoxy groups -OCH3 is 1. The average Bonchev–Trinajstić information content (AvgIpc) is 2.90. The number of rotatable bonds is 3. The van der Waals surface area contributed by atoms with Gasteiger partial charge in [0.1, 0.15) is 5.75 Å². The fourth-order valence-electron chi connectivity index (χ4n) is 2.18. The molecule has 4 nitrogen and oxygen atoms in total. The van der Waals surface area contributed by atoms with Crippen LogP contribution in [0.15, 0.2) is 18.2 Å². The van der Waals surface area contributed by atoms with Crippen LogP contribution < -0.4 is 4.74 Å². The summed E-state index contributed by atoms with van der Waals surface area (Å²) in [5, 5.41) is 0. The summed E-state index contributed by atoms with van der Waals surface area (Å²) in [5.41, 5.74) is 1.29. The molecule has 0 saturated carbocycles. The van der Waals surface area contributed by atoms with E-state index in [9.17, 15) is 9.59 Å². The Morgan fingerprint density at radius 1 is 1.22 bits per heavy atom. The molecule has 0 bridgehead atoms. The van der Waals surface area contributed by atoms with Crippen molar-refractivity contribution < 1.29 is 14.3 Å². The molecule has 96 valence electrons. The molecule has 0 aromatic heterocycles. The molecule has 0 N–H and O–H groups in total. The van der Waals surface area contributed by atoms with Gasteiger partial charge in [-0.2, -0.15) is 0 Å². The number of carbonyl (C=O) groups excluding carboxylic acids is 2. The third-order valence-electron chi connectivity index (χ3n) is 3.19. The number of Topliss-reactive ketones (excluding diaryl/α,β-unsaturated/α-hetero) is 1. The van der Waals surface area contributed by atoms with Crippen molar-refractivity contribution in [3.05, 3.63) is 29.3 Å². The van der Waals surface area contributed by atoms with Crippen LogP contribution in [0.5, 0.6) is 5.75 Å². The summed E-state index contributed by atoms with van der Waals surface area (Å²) in [6, 6.07) is 5.28. The topological polar surface area (TPSA) is 46.6 Å². The quantitative estimate of drug-likeness (QED) is 0.604. The number of likely N-dealkylation sites (tertiary alicyclic amines) is 1. The van der Waals surface area contributed by atoms with E-state index in [4.69, 9.17) is 4.74 Å². The van der Waals surface area contributed by atoms with Gasteiger partial charge in [0.05, 0.1) is 12.7 Å². The monoisotopic (exact) mass is 247 g/mol. The lowest BCUT2D eigenvalue weighted by Gasteiger charge is -2.15. The summed E-state index contributed by atoms with van der Waals surface area (Å²) in [6.07, 6.45) is 1.95. The van der Waals surface area contributed by atoms with Crippen LogP contribution in [0.4, 0.5) is 0 Å². The van der Waals surface area contributed by atoms with Gasteiger partial charge in [0, 0.05) is 13.1 Å². The second-order valence-electron chi connectivity index (χ2n) is 4.53. The molecule has 1 aromatic carbocycles. The number of carbonyl (C=O) groups is 2. The highest BCUT2D eigenvalue weighted by molar-refractivity contribution is 6.43. The van der Waals surface area contributed by atoms with Crippen molar-refractivity contribution in [3.8, 4) is 5.75 Å². The molecule has 1 aromatic rings. The molecule has 1 aliphatic rings. The Hall–Kier alpha value is -1.84. The lowest BCUT2D eigenvalue weighted by Crippen LogP contribution is -2.34. The molecule has 4 heteroatoms. The highest BCUT2D eigenvalue weighted by Gasteiger charge is 2.27. The zero-order valence-electron chi connectivity index (χ0n) is 10.7. The van der Waals surface area contributed by atoms with E-state index in [1.165, 1.54) is 7.11 Å². The highest BCUT2D eigenvalue weighted by atomic mass is 16.5. The summed E-state index contributed by atoms with van der Waals surface area (Å²) in [6.45, 7) is 3.24. The molecular weight excluding hydrogens is 230 g/mol. The predicted octanol–water partition coefficient (Wildman–Crippen LogP) is 1.81. The first-order chi connectivity index (χ1) is 8.63. The van der Waals surface area contributed by atoms with Gasteiger partial charge in [0.15, 0.2) is 0 Å². The molecule has 1 fully saturated rings. The fraction of sp³-hybridized carbons (Fsp3) is 0.429. The fourth-order valence-corrected chi connectivity index (χ4v) is 2.18. The summed E-state index contributed by atoms with van der Waals surface area (Å²) >= 11 is 0. The first-order valence-corrected chi connectivity index (χ1v) is 6.11. The molecule has 0 atom stereocenters. The summed E-state index contributed by atoms with van der Waals surface area (Å²) in [7, 11) is 1.50. The minimum atomic E-state index is -0.475. The number of hydrogen-bond donors (Lipinski definition) is 0. The SMILES string of the molecule is COc1ccc(C)cc1C(=O)C(=O)N1CCCC1. The second kappa shape index (κ2) is 5.21. The molecule has 0 aliphatic carbocycles. The number of benzene rings is 1. The molecule has 0 spiro atoms. The summed E-state index contributed by atoms with van der Waals surface area (Å²) in [5.74, 6) is -0.438. The van der Waals surface area contributed by atoms with Gasteiger partial charge in [0.2, 0.25) is 0 Å². The van der Waals surface area contributed by atoms with Crippen molar-refractivity contribution in [2.45, 2.75) is 19.8 Å². The largest absolute Gasteiger partial charge is 0.496 e. The minimum absolute atomic E-state index is 0.356. The van der Waals surface area contributed by atoms with E-state index in [1.54, 1.807) is 17.0 Å². The molecule has 1 heterocycles. The Morgan fingerprint density at radius 3 is 2.50 bits per heavy atom. The smallest absolute Gasteiger partial charge is 0.295 e. The number of nitrogens with zero attached hydrogens (tertiary/aromatic N) is 1. The van der Waals surface area contributed by atoms with Crippen LogP contribution in [0, 0.1) is 6.92 Å². The lowest BCUT2D eigenvalue weighted by molar-refractivity contribution is -0.125. The van der Waals surface area contributed by atoms with Crippen LogP contribution in [-0.2, 0) is 4.79 Å². The van der Waals surface area contributed by atoms with E-state index in [2.05, 4.69) is 0 Å². The maximum atomic E-state index is 12.2. The molecule has 1 saturated heterocycles. The van der Waals surface area contributed by atoms with Crippen LogP contribution in [-0.4, -0.2) is 36.8 Å². The van der Waals surface area contributed by atoms with Gasteiger partial charge in [-0.05, 0) is 31.9 Å². The van der Waals surface area contributed by atoms with Crippen LogP contribution >= 0.6 is 0 Å². The number of aryl methyl sites for hydroxylation is 1.